The zero-order valence-electron chi connectivity index (χ0n) is 11.6. The number of nitrogens with zero attached hydrogens (tertiary/aromatic N) is 2. The summed E-state index contributed by atoms with van der Waals surface area (Å²) >= 11 is 0. The van der Waals surface area contributed by atoms with Gasteiger partial charge in [0.2, 0.25) is 0 Å². The molecule has 0 aromatic heterocycles. The van der Waals surface area contributed by atoms with Crippen LogP contribution in [0.15, 0.2) is 0 Å². The summed E-state index contributed by atoms with van der Waals surface area (Å²) in [6.45, 7) is 12.2. The SMILES string of the molecule is CCNCCCC(C)N1CCN2CCCC2C1. The molecule has 3 heteroatoms. The summed E-state index contributed by atoms with van der Waals surface area (Å²) in [4.78, 5) is 5.42. The van der Waals surface area contributed by atoms with Crippen LogP contribution in [0.25, 0.3) is 0 Å². The van der Waals surface area contributed by atoms with Crippen molar-refractivity contribution in [2.24, 2.45) is 0 Å². The largest absolute Gasteiger partial charge is 0.317 e. The third-order valence-corrected chi connectivity index (χ3v) is 4.47. The van der Waals surface area contributed by atoms with Gasteiger partial charge in [-0.3, -0.25) is 9.80 Å². The highest BCUT2D eigenvalue weighted by Crippen LogP contribution is 2.23. The molecule has 0 spiro atoms. The molecule has 100 valence electrons. The Kier molecular flexibility index (Phi) is 5.26. The molecule has 0 amide bonds. The number of hydrogen-bond acceptors (Lipinski definition) is 3. The van der Waals surface area contributed by atoms with Gasteiger partial charge in [-0.2, -0.15) is 0 Å². The first-order chi connectivity index (χ1) is 8.31. The Morgan fingerprint density at radius 2 is 2.18 bits per heavy atom. The first-order valence-corrected chi connectivity index (χ1v) is 7.50. The van der Waals surface area contributed by atoms with E-state index in [0.29, 0.717) is 0 Å². The van der Waals surface area contributed by atoms with Crippen molar-refractivity contribution in [1.82, 2.24) is 15.1 Å². The summed E-state index contributed by atoms with van der Waals surface area (Å²) in [6.07, 6.45) is 5.52. The Morgan fingerprint density at radius 3 is 3.00 bits per heavy atom. The zero-order valence-corrected chi connectivity index (χ0v) is 11.6. The normalized spacial score (nSPS) is 28.2. The summed E-state index contributed by atoms with van der Waals surface area (Å²) < 4.78 is 0. The minimum Gasteiger partial charge on any atom is -0.317 e. The van der Waals surface area contributed by atoms with Crippen molar-refractivity contribution in [3.63, 3.8) is 0 Å². The number of hydrogen-bond donors (Lipinski definition) is 1. The highest BCUT2D eigenvalue weighted by molar-refractivity contribution is 4.88. The van der Waals surface area contributed by atoms with Gasteiger partial charge in [-0.15, -0.1) is 0 Å². The summed E-state index contributed by atoms with van der Waals surface area (Å²) in [7, 11) is 0. The highest BCUT2D eigenvalue weighted by atomic mass is 15.3. The lowest BCUT2D eigenvalue weighted by molar-refractivity contribution is 0.0736. The molecule has 2 rings (SSSR count). The summed E-state index contributed by atoms with van der Waals surface area (Å²) in [5.74, 6) is 0. The number of nitrogens with one attached hydrogen (secondary N) is 1. The molecular weight excluding hydrogens is 210 g/mol. The van der Waals surface area contributed by atoms with Gasteiger partial charge in [0.15, 0.2) is 0 Å². The topological polar surface area (TPSA) is 18.5 Å². The molecule has 0 aromatic rings. The van der Waals surface area contributed by atoms with E-state index >= 15 is 0 Å². The minimum atomic E-state index is 0.774. The fraction of sp³-hybridized carbons (Fsp3) is 1.00. The second kappa shape index (κ2) is 6.72. The van der Waals surface area contributed by atoms with Gasteiger partial charge in [0.05, 0.1) is 0 Å². The van der Waals surface area contributed by atoms with Gasteiger partial charge in [0.25, 0.3) is 0 Å². The van der Waals surface area contributed by atoms with Gasteiger partial charge in [0, 0.05) is 31.7 Å². The van der Waals surface area contributed by atoms with E-state index in [0.717, 1.165) is 18.6 Å². The second-order valence-corrected chi connectivity index (χ2v) is 5.67. The van der Waals surface area contributed by atoms with E-state index < -0.39 is 0 Å². The molecule has 2 unspecified atom stereocenters. The van der Waals surface area contributed by atoms with Crippen molar-refractivity contribution < 1.29 is 0 Å². The molecule has 2 aliphatic rings. The molecule has 0 bridgehead atoms. The van der Waals surface area contributed by atoms with E-state index in [1.165, 1.54) is 58.4 Å². The lowest BCUT2D eigenvalue weighted by Gasteiger charge is -2.40. The van der Waals surface area contributed by atoms with Crippen LogP contribution in [0.2, 0.25) is 0 Å². The van der Waals surface area contributed by atoms with Gasteiger partial charge in [0.1, 0.15) is 0 Å². The van der Waals surface area contributed by atoms with Crippen LogP contribution >= 0.6 is 0 Å². The number of fused-ring (bicyclic) bond motifs is 1. The van der Waals surface area contributed by atoms with Gasteiger partial charge in [-0.25, -0.2) is 0 Å². The van der Waals surface area contributed by atoms with Crippen LogP contribution < -0.4 is 5.32 Å². The van der Waals surface area contributed by atoms with E-state index in [-0.39, 0.29) is 0 Å². The Balaban J connectivity index is 1.67. The van der Waals surface area contributed by atoms with Crippen LogP contribution in [0.4, 0.5) is 0 Å². The van der Waals surface area contributed by atoms with Crippen LogP contribution in [0.1, 0.15) is 39.5 Å². The molecule has 2 atom stereocenters. The van der Waals surface area contributed by atoms with E-state index in [2.05, 4.69) is 29.0 Å². The first kappa shape index (κ1) is 13.3. The predicted octanol–water partition coefficient (Wildman–Crippen LogP) is 1.54. The standard InChI is InChI=1S/C14H29N3/c1-3-15-8-4-6-13(2)17-11-10-16-9-5-7-14(16)12-17/h13-15H,3-12H2,1-2H3. The molecule has 0 saturated carbocycles. The molecule has 2 fully saturated rings. The molecule has 2 aliphatic heterocycles. The monoisotopic (exact) mass is 239 g/mol. The summed E-state index contributed by atoms with van der Waals surface area (Å²) in [6, 6.07) is 1.65. The smallest absolute Gasteiger partial charge is 0.0224 e. The zero-order chi connectivity index (χ0) is 12.1. The molecule has 0 aliphatic carbocycles. The Labute approximate surface area is 107 Å². The second-order valence-electron chi connectivity index (χ2n) is 5.67. The Hall–Kier alpha value is -0.120. The number of rotatable bonds is 6. The fourth-order valence-corrected chi connectivity index (χ4v) is 3.30. The molecular formula is C14H29N3. The molecule has 2 saturated heterocycles. The molecule has 0 radical (unpaired) electrons. The summed E-state index contributed by atoms with van der Waals surface area (Å²) in [5, 5.41) is 3.42. The van der Waals surface area contributed by atoms with Crippen LogP contribution in [0, 0.1) is 0 Å². The Bertz CT molecular complexity index is 220. The van der Waals surface area contributed by atoms with Crippen molar-refractivity contribution in [3.05, 3.63) is 0 Å². The van der Waals surface area contributed by atoms with Crippen molar-refractivity contribution in [2.75, 3.05) is 39.3 Å². The maximum Gasteiger partial charge on any atom is 0.0224 e. The Morgan fingerprint density at radius 1 is 1.29 bits per heavy atom. The van der Waals surface area contributed by atoms with Gasteiger partial charge >= 0.3 is 0 Å². The molecule has 1 N–H and O–H groups in total. The molecule has 17 heavy (non-hydrogen) atoms. The van der Waals surface area contributed by atoms with Gasteiger partial charge in [-0.05, 0) is 52.2 Å². The third kappa shape index (κ3) is 3.67. The summed E-state index contributed by atoms with van der Waals surface area (Å²) in [5.41, 5.74) is 0. The fourth-order valence-electron chi connectivity index (χ4n) is 3.30. The van der Waals surface area contributed by atoms with Crippen LogP contribution in [0.5, 0.6) is 0 Å². The van der Waals surface area contributed by atoms with Crippen LogP contribution in [0.3, 0.4) is 0 Å². The number of piperazine rings is 1. The minimum absolute atomic E-state index is 0.774. The molecule has 0 aromatic carbocycles. The maximum absolute atomic E-state index is 3.42. The van der Waals surface area contributed by atoms with Gasteiger partial charge < -0.3 is 5.32 Å². The van der Waals surface area contributed by atoms with E-state index in [4.69, 9.17) is 0 Å². The van der Waals surface area contributed by atoms with Crippen molar-refractivity contribution in [2.45, 2.75) is 51.6 Å². The molecule has 2 heterocycles. The predicted molar refractivity (Wildman–Crippen MR) is 73.4 cm³/mol. The molecule has 3 nitrogen and oxygen atoms in total. The van der Waals surface area contributed by atoms with E-state index in [1.807, 2.05) is 0 Å². The third-order valence-electron chi connectivity index (χ3n) is 4.47. The quantitative estimate of drug-likeness (QED) is 0.710. The maximum atomic E-state index is 3.42. The van der Waals surface area contributed by atoms with Gasteiger partial charge in [-0.1, -0.05) is 6.92 Å². The van der Waals surface area contributed by atoms with E-state index in [1.54, 1.807) is 0 Å². The van der Waals surface area contributed by atoms with Crippen LogP contribution in [-0.2, 0) is 0 Å². The van der Waals surface area contributed by atoms with E-state index in [9.17, 15) is 0 Å². The highest BCUT2D eigenvalue weighted by Gasteiger charge is 2.31. The lowest BCUT2D eigenvalue weighted by atomic mass is 10.1. The average molecular weight is 239 g/mol. The average Bonchev–Trinajstić information content (AvgIpc) is 2.81. The van der Waals surface area contributed by atoms with Crippen molar-refractivity contribution in [3.8, 4) is 0 Å². The van der Waals surface area contributed by atoms with Crippen LogP contribution in [-0.4, -0.2) is 61.2 Å². The first-order valence-electron chi connectivity index (χ1n) is 7.50. The van der Waals surface area contributed by atoms with Crippen molar-refractivity contribution >= 4 is 0 Å². The lowest BCUT2D eigenvalue weighted by Crippen LogP contribution is -2.52. The van der Waals surface area contributed by atoms with Crippen molar-refractivity contribution in [1.29, 1.82) is 0 Å².